The number of hydrogen-bond donors (Lipinski definition) is 2. The highest BCUT2D eigenvalue weighted by atomic mass is 16.5. The lowest BCUT2D eigenvalue weighted by molar-refractivity contribution is -0.142. The number of carbonyl (C=O) groups is 3. The Kier molecular flexibility index (Phi) is 10.0. The molecule has 1 saturated carbocycles. The van der Waals surface area contributed by atoms with Gasteiger partial charge in [0.05, 0.1) is 6.61 Å². The molecule has 196 valence electrons. The molecule has 1 aliphatic rings. The SMILES string of the molecule is COCCN(C(=O)CCC(=O)Nc1cc(C)on1)[C@@H](C(=O)NC1CCCC1)c1ccc(C(C)C)cc1. The van der Waals surface area contributed by atoms with Crippen molar-refractivity contribution in [2.45, 2.75) is 77.3 Å². The summed E-state index contributed by atoms with van der Waals surface area (Å²) in [6, 6.07) is 8.75. The molecule has 9 heteroatoms. The lowest BCUT2D eigenvalue weighted by Crippen LogP contribution is -2.47. The Morgan fingerprint density at radius 3 is 2.36 bits per heavy atom. The van der Waals surface area contributed by atoms with Gasteiger partial charge < -0.3 is 24.8 Å². The predicted octanol–water partition coefficient (Wildman–Crippen LogP) is 4.10. The van der Waals surface area contributed by atoms with Crippen molar-refractivity contribution in [3.8, 4) is 0 Å². The highest BCUT2D eigenvalue weighted by molar-refractivity contribution is 5.94. The van der Waals surface area contributed by atoms with Gasteiger partial charge in [-0.05, 0) is 36.8 Å². The second-order valence-electron chi connectivity index (χ2n) is 9.66. The van der Waals surface area contributed by atoms with E-state index in [9.17, 15) is 14.4 Å². The molecule has 3 rings (SSSR count). The highest BCUT2D eigenvalue weighted by Gasteiger charge is 2.33. The molecule has 0 unspecified atom stereocenters. The molecule has 0 spiro atoms. The molecule has 1 heterocycles. The summed E-state index contributed by atoms with van der Waals surface area (Å²) in [5.41, 5.74) is 1.89. The first kappa shape index (κ1) is 27.4. The van der Waals surface area contributed by atoms with Gasteiger partial charge in [0.25, 0.3) is 0 Å². The molecule has 1 fully saturated rings. The average molecular weight is 499 g/mol. The summed E-state index contributed by atoms with van der Waals surface area (Å²) in [6.45, 7) is 6.45. The van der Waals surface area contributed by atoms with Crippen molar-refractivity contribution in [1.82, 2.24) is 15.4 Å². The van der Waals surface area contributed by atoms with Gasteiger partial charge in [-0.25, -0.2) is 0 Å². The Balaban J connectivity index is 1.79. The lowest BCUT2D eigenvalue weighted by atomic mass is 9.97. The van der Waals surface area contributed by atoms with Crippen molar-refractivity contribution in [1.29, 1.82) is 0 Å². The first-order chi connectivity index (χ1) is 17.3. The quantitative estimate of drug-likeness (QED) is 0.455. The van der Waals surface area contributed by atoms with Crippen LogP contribution in [0.1, 0.15) is 81.2 Å². The van der Waals surface area contributed by atoms with E-state index in [1.165, 1.54) is 4.90 Å². The lowest BCUT2D eigenvalue weighted by Gasteiger charge is -2.32. The molecule has 0 aliphatic heterocycles. The van der Waals surface area contributed by atoms with Crippen molar-refractivity contribution >= 4 is 23.5 Å². The number of nitrogens with zero attached hydrogens (tertiary/aromatic N) is 2. The molecule has 2 aromatic rings. The molecule has 0 bridgehead atoms. The molecule has 36 heavy (non-hydrogen) atoms. The number of ether oxygens (including phenoxy) is 1. The number of aryl methyl sites for hydroxylation is 1. The molecule has 1 atom stereocenters. The van der Waals surface area contributed by atoms with Crippen LogP contribution in [0.2, 0.25) is 0 Å². The van der Waals surface area contributed by atoms with Crippen LogP contribution in [0.5, 0.6) is 0 Å². The fourth-order valence-corrected chi connectivity index (χ4v) is 4.47. The summed E-state index contributed by atoms with van der Waals surface area (Å²) in [5.74, 6) is 0.385. The summed E-state index contributed by atoms with van der Waals surface area (Å²) >= 11 is 0. The van der Waals surface area contributed by atoms with Crippen molar-refractivity contribution in [2.75, 3.05) is 25.6 Å². The van der Waals surface area contributed by atoms with Gasteiger partial charge in [-0.1, -0.05) is 56.1 Å². The smallest absolute Gasteiger partial charge is 0.247 e. The minimum Gasteiger partial charge on any atom is -0.383 e. The first-order valence-corrected chi connectivity index (χ1v) is 12.7. The topological polar surface area (TPSA) is 114 Å². The van der Waals surface area contributed by atoms with E-state index in [4.69, 9.17) is 9.26 Å². The number of hydrogen-bond acceptors (Lipinski definition) is 6. The zero-order chi connectivity index (χ0) is 26.1. The zero-order valence-corrected chi connectivity index (χ0v) is 21.7. The number of aromatic nitrogens is 1. The van der Waals surface area contributed by atoms with E-state index in [2.05, 4.69) is 29.6 Å². The summed E-state index contributed by atoms with van der Waals surface area (Å²) in [7, 11) is 1.56. The van der Waals surface area contributed by atoms with E-state index in [1.807, 2.05) is 24.3 Å². The van der Waals surface area contributed by atoms with Gasteiger partial charge in [-0.15, -0.1) is 0 Å². The molecule has 1 aromatic heterocycles. The van der Waals surface area contributed by atoms with Crippen LogP contribution in [0.15, 0.2) is 34.9 Å². The fourth-order valence-electron chi connectivity index (χ4n) is 4.47. The fraction of sp³-hybridized carbons (Fsp3) is 0.556. The maximum atomic E-state index is 13.6. The van der Waals surface area contributed by atoms with Gasteiger partial charge >= 0.3 is 0 Å². The van der Waals surface area contributed by atoms with Crippen LogP contribution in [0.4, 0.5) is 5.82 Å². The minimum absolute atomic E-state index is 0.0442. The minimum atomic E-state index is -0.810. The summed E-state index contributed by atoms with van der Waals surface area (Å²) in [6.07, 6.45) is 3.97. The van der Waals surface area contributed by atoms with Gasteiger partial charge in [0.2, 0.25) is 17.7 Å². The molecular weight excluding hydrogens is 460 g/mol. The third-order valence-electron chi connectivity index (χ3n) is 6.50. The number of nitrogens with one attached hydrogen (secondary N) is 2. The molecule has 2 N–H and O–H groups in total. The summed E-state index contributed by atoms with van der Waals surface area (Å²) in [4.78, 5) is 40.9. The molecule has 1 aromatic carbocycles. The highest BCUT2D eigenvalue weighted by Crippen LogP contribution is 2.27. The van der Waals surface area contributed by atoms with Crippen LogP contribution >= 0.6 is 0 Å². The third kappa shape index (κ3) is 7.65. The Morgan fingerprint density at radius 1 is 1.11 bits per heavy atom. The molecule has 9 nitrogen and oxygen atoms in total. The van der Waals surface area contributed by atoms with Crippen molar-refractivity contribution in [3.63, 3.8) is 0 Å². The summed E-state index contributed by atoms with van der Waals surface area (Å²) in [5, 5.41) is 9.53. The van der Waals surface area contributed by atoms with Crippen molar-refractivity contribution in [3.05, 3.63) is 47.2 Å². The first-order valence-electron chi connectivity index (χ1n) is 12.7. The van der Waals surface area contributed by atoms with E-state index in [0.717, 1.165) is 36.8 Å². The van der Waals surface area contributed by atoms with E-state index >= 15 is 0 Å². The predicted molar refractivity (Wildman–Crippen MR) is 136 cm³/mol. The van der Waals surface area contributed by atoms with Gasteiger partial charge in [-0.2, -0.15) is 0 Å². The molecular formula is C27H38N4O5. The van der Waals surface area contributed by atoms with Gasteiger partial charge in [-0.3, -0.25) is 14.4 Å². The normalized spacial score (nSPS) is 14.6. The number of benzene rings is 1. The number of anilines is 1. The maximum Gasteiger partial charge on any atom is 0.247 e. The van der Waals surface area contributed by atoms with E-state index in [0.29, 0.717) is 17.5 Å². The van der Waals surface area contributed by atoms with E-state index in [-0.39, 0.29) is 49.8 Å². The van der Waals surface area contributed by atoms with Crippen molar-refractivity contribution < 1.29 is 23.6 Å². The number of methoxy groups -OCH3 is 1. The molecule has 1 aliphatic carbocycles. The number of rotatable bonds is 12. The van der Waals surface area contributed by atoms with Gasteiger partial charge in [0, 0.05) is 38.6 Å². The molecule has 0 radical (unpaired) electrons. The van der Waals surface area contributed by atoms with Crippen LogP contribution < -0.4 is 10.6 Å². The standard InChI is InChI=1S/C27H38N4O5/c1-18(2)20-9-11-21(12-10-20)26(27(34)28-22-7-5-6-8-22)31(15-16-35-4)25(33)14-13-24(32)29-23-17-19(3)36-30-23/h9-12,17-18,22,26H,5-8,13-16H2,1-4H3,(H,28,34)(H,29,30,32)/t26-/m1/s1. The van der Waals surface area contributed by atoms with Crippen LogP contribution in [-0.4, -0.2) is 54.1 Å². The largest absolute Gasteiger partial charge is 0.383 e. The Hall–Kier alpha value is -3.20. The Labute approximate surface area is 212 Å². The van der Waals surface area contributed by atoms with Gasteiger partial charge in [0.1, 0.15) is 11.8 Å². The summed E-state index contributed by atoms with van der Waals surface area (Å²) < 4.78 is 10.2. The third-order valence-corrected chi connectivity index (χ3v) is 6.50. The van der Waals surface area contributed by atoms with E-state index < -0.39 is 6.04 Å². The molecule has 0 saturated heterocycles. The van der Waals surface area contributed by atoms with Crippen LogP contribution in [0.3, 0.4) is 0 Å². The Bertz CT molecular complexity index is 1010. The second kappa shape index (κ2) is 13.2. The number of carbonyl (C=O) groups excluding carboxylic acids is 3. The van der Waals surface area contributed by atoms with Gasteiger partial charge in [0.15, 0.2) is 5.82 Å². The van der Waals surface area contributed by atoms with Crippen LogP contribution in [-0.2, 0) is 19.1 Å². The second-order valence-corrected chi connectivity index (χ2v) is 9.66. The maximum absolute atomic E-state index is 13.6. The molecule has 3 amide bonds. The van der Waals surface area contributed by atoms with Crippen LogP contribution in [0, 0.1) is 6.92 Å². The van der Waals surface area contributed by atoms with Crippen LogP contribution in [0.25, 0.3) is 0 Å². The van der Waals surface area contributed by atoms with Crippen molar-refractivity contribution in [2.24, 2.45) is 0 Å². The number of amides is 3. The zero-order valence-electron chi connectivity index (χ0n) is 21.7. The van der Waals surface area contributed by atoms with E-state index in [1.54, 1.807) is 20.1 Å². The Morgan fingerprint density at radius 2 is 1.78 bits per heavy atom. The monoisotopic (exact) mass is 498 g/mol. The average Bonchev–Trinajstić information content (AvgIpc) is 3.51.